The van der Waals surface area contributed by atoms with Crippen LogP contribution in [0.15, 0.2) is 42.5 Å². The van der Waals surface area contributed by atoms with Crippen LogP contribution in [0.1, 0.15) is 22.8 Å². The smallest absolute Gasteiger partial charge is 0.163 e. The van der Waals surface area contributed by atoms with Crippen molar-refractivity contribution in [3.8, 4) is 11.5 Å². The molecule has 0 aliphatic rings. The summed E-state index contributed by atoms with van der Waals surface area (Å²) in [5.41, 5.74) is 3.24. The SMILES string of the molecule is COc1ccc(CCNCC(O)c2ccccc2)c(C)c1OC. The fraction of sp³-hybridized carbons (Fsp3) is 0.368. The van der Waals surface area contributed by atoms with Gasteiger partial charge >= 0.3 is 0 Å². The van der Waals surface area contributed by atoms with Crippen LogP contribution in [-0.4, -0.2) is 32.4 Å². The highest BCUT2D eigenvalue weighted by molar-refractivity contribution is 5.50. The topological polar surface area (TPSA) is 50.7 Å². The maximum Gasteiger partial charge on any atom is 0.163 e. The standard InChI is InChI=1S/C19H25NO3/c1-14-15(9-10-18(22-2)19(14)23-3)11-12-20-13-17(21)16-7-5-4-6-8-16/h4-10,17,20-21H,11-13H2,1-3H3. The normalized spacial score (nSPS) is 12.0. The molecule has 0 bridgehead atoms. The molecule has 4 nitrogen and oxygen atoms in total. The highest BCUT2D eigenvalue weighted by Gasteiger charge is 2.11. The number of hydrogen-bond acceptors (Lipinski definition) is 4. The molecule has 0 saturated heterocycles. The molecule has 0 aliphatic carbocycles. The summed E-state index contributed by atoms with van der Waals surface area (Å²) in [4.78, 5) is 0. The summed E-state index contributed by atoms with van der Waals surface area (Å²) in [7, 11) is 3.30. The number of ether oxygens (including phenoxy) is 2. The Morgan fingerprint density at radius 3 is 2.43 bits per heavy atom. The van der Waals surface area contributed by atoms with Gasteiger partial charge < -0.3 is 19.9 Å². The van der Waals surface area contributed by atoms with Crippen molar-refractivity contribution < 1.29 is 14.6 Å². The van der Waals surface area contributed by atoms with Crippen molar-refractivity contribution in [1.82, 2.24) is 5.32 Å². The maximum absolute atomic E-state index is 10.1. The number of aliphatic hydroxyl groups is 1. The van der Waals surface area contributed by atoms with E-state index in [9.17, 15) is 5.11 Å². The van der Waals surface area contributed by atoms with Crippen LogP contribution >= 0.6 is 0 Å². The molecule has 23 heavy (non-hydrogen) atoms. The van der Waals surface area contributed by atoms with E-state index in [1.807, 2.05) is 43.3 Å². The first-order valence-electron chi connectivity index (χ1n) is 7.81. The van der Waals surface area contributed by atoms with E-state index >= 15 is 0 Å². The minimum Gasteiger partial charge on any atom is -0.493 e. The van der Waals surface area contributed by atoms with Gasteiger partial charge in [0.2, 0.25) is 0 Å². The van der Waals surface area contributed by atoms with Crippen LogP contribution in [0.4, 0.5) is 0 Å². The van der Waals surface area contributed by atoms with E-state index in [0.717, 1.165) is 35.6 Å². The lowest BCUT2D eigenvalue weighted by molar-refractivity contribution is 0.175. The van der Waals surface area contributed by atoms with Crippen molar-refractivity contribution in [3.05, 3.63) is 59.2 Å². The summed E-state index contributed by atoms with van der Waals surface area (Å²) in [6, 6.07) is 13.7. The van der Waals surface area contributed by atoms with Gasteiger partial charge in [-0.1, -0.05) is 36.4 Å². The Bertz CT molecular complexity index is 614. The third-order valence-electron chi connectivity index (χ3n) is 4.00. The second kappa shape index (κ2) is 8.56. The first kappa shape index (κ1) is 17.3. The molecule has 1 unspecified atom stereocenters. The second-order valence-electron chi connectivity index (χ2n) is 5.47. The third-order valence-corrected chi connectivity index (χ3v) is 4.00. The van der Waals surface area contributed by atoms with E-state index in [0.29, 0.717) is 6.54 Å². The van der Waals surface area contributed by atoms with Gasteiger partial charge in [-0.3, -0.25) is 0 Å². The average molecular weight is 315 g/mol. The van der Waals surface area contributed by atoms with Crippen LogP contribution < -0.4 is 14.8 Å². The van der Waals surface area contributed by atoms with Crippen molar-refractivity contribution >= 4 is 0 Å². The Hall–Kier alpha value is -2.04. The molecule has 0 fully saturated rings. The zero-order valence-electron chi connectivity index (χ0n) is 14.0. The van der Waals surface area contributed by atoms with Crippen LogP contribution in [0.3, 0.4) is 0 Å². The molecule has 0 heterocycles. The first-order valence-corrected chi connectivity index (χ1v) is 7.81. The summed E-state index contributed by atoms with van der Waals surface area (Å²) < 4.78 is 10.7. The van der Waals surface area contributed by atoms with Crippen LogP contribution in [0.5, 0.6) is 11.5 Å². The van der Waals surface area contributed by atoms with Crippen molar-refractivity contribution in [2.75, 3.05) is 27.3 Å². The molecule has 0 spiro atoms. The van der Waals surface area contributed by atoms with Crippen molar-refractivity contribution in [2.45, 2.75) is 19.4 Å². The molecule has 4 heteroatoms. The monoisotopic (exact) mass is 315 g/mol. The largest absolute Gasteiger partial charge is 0.493 e. The third kappa shape index (κ3) is 4.47. The summed E-state index contributed by atoms with van der Waals surface area (Å²) >= 11 is 0. The van der Waals surface area contributed by atoms with E-state index in [2.05, 4.69) is 11.4 Å². The van der Waals surface area contributed by atoms with Gasteiger partial charge in [0.25, 0.3) is 0 Å². The number of hydrogen-bond donors (Lipinski definition) is 2. The van der Waals surface area contributed by atoms with Crippen LogP contribution in [0, 0.1) is 6.92 Å². The molecule has 0 aliphatic heterocycles. The lowest BCUT2D eigenvalue weighted by atomic mass is 10.0. The molecule has 2 aromatic rings. The minimum atomic E-state index is -0.484. The molecule has 124 valence electrons. The zero-order chi connectivity index (χ0) is 16.7. The van der Waals surface area contributed by atoms with E-state index < -0.39 is 6.10 Å². The lowest BCUT2D eigenvalue weighted by Gasteiger charge is -2.15. The summed E-state index contributed by atoms with van der Waals surface area (Å²) in [6.07, 6.45) is 0.385. The molecule has 2 rings (SSSR count). The Morgan fingerprint density at radius 1 is 1.04 bits per heavy atom. The zero-order valence-corrected chi connectivity index (χ0v) is 14.0. The van der Waals surface area contributed by atoms with Gasteiger partial charge in [-0.05, 0) is 42.6 Å². The van der Waals surface area contributed by atoms with Gasteiger partial charge in [0.1, 0.15) is 0 Å². The van der Waals surface area contributed by atoms with Crippen LogP contribution in [0.2, 0.25) is 0 Å². The van der Waals surface area contributed by atoms with Crippen LogP contribution in [0.25, 0.3) is 0 Å². The highest BCUT2D eigenvalue weighted by Crippen LogP contribution is 2.32. The second-order valence-corrected chi connectivity index (χ2v) is 5.47. The Labute approximate surface area is 138 Å². The van der Waals surface area contributed by atoms with Crippen LogP contribution in [-0.2, 0) is 6.42 Å². The van der Waals surface area contributed by atoms with E-state index in [-0.39, 0.29) is 0 Å². The number of methoxy groups -OCH3 is 2. The van der Waals surface area contributed by atoms with E-state index in [1.165, 1.54) is 5.56 Å². The fourth-order valence-electron chi connectivity index (χ4n) is 2.65. The first-order chi connectivity index (χ1) is 11.2. The minimum absolute atomic E-state index is 0.484. The molecule has 2 N–H and O–H groups in total. The predicted octanol–water partition coefficient (Wildman–Crippen LogP) is 2.88. The average Bonchev–Trinajstić information content (AvgIpc) is 2.60. The summed E-state index contributed by atoms with van der Waals surface area (Å²) in [5.74, 6) is 1.54. The number of aliphatic hydroxyl groups excluding tert-OH is 1. The van der Waals surface area contributed by atoms with Gasteiger partial charge in [-0.25, -0.2) is 0 Å². The fourth-order valence-corrected chi connectivity index (χ4v) is 2.65. The predicted molar refractivity (Wildman–Crippen MR) is 92.3 cm³/mol. The number of rotatable bonds is 8. The maximum atomic E-state index is 10.1. The Kier molecular flexibility index (Phi) is 6.44. The molecular formula is C19H25NO3. The van der Waals surface area contributed by atoms with Gasteiger partial charge in [0.05, 0.1) is 20.3 Å². The molecule has 2 aromatic carbocycles. The van der Waals surface area contributed by atoms with Crippen molar-refractivity contribution in [3.63, 3.8) is 0 Å². The molecule has 0 radical (unpaired) electrons. The Balaban J connectivity index is 1.87. The summed E-state index contributed by atoms with van der Waals surface area (Å²) in [5, 5.41) is 13.4. The molecule has 1 atom stereocenters. The van der Waals surface area contributed by atoms with Gasteiger partial charge in [0, 0.05) is 6.54 Å². The molecule has 0 amide bonds. The quantitative estimate of drug-likeness (QED) is 0.736. The van der Waals surface area contributed by atoms with Crippen molar-refractivity contribution in [1.29, 1.82) is 0 Å². The number of nitrogens with one attached hydrogen (secondary N) is 1. The van der Waals surface area contributed by atoms with E-state index in [4.69, 9.17) is 9.47 Å². The van der Waals surface area contributed by atoms with Gasteiger partial charge in [-0.2, -0.15) is 0 Å². The highest BCUT2D eigenvalue weighted by atomic mass is 16.5. The molecular weight excluding hydrogens is 290 g/mol. The molecule has 0 aromatic heterocycles. The lowest BCUT2D eigenvalue weighted by Crippen LogP contribution is -2.24. The molecule has 0 saturated carbocycles. The van der Waals surface area contributed by atoms with Gasteiger partial charge in [-0.15, -0.1) is 0 Å². The van der Waals surface area contributed by atoms with Crippen molar-refractivity contribution in [2.24, 2.45) is 0 Å². The number of benzene rings is 2. The van der Waals surface area contributed by atoms with Gasteiger partial charge in [0.15, 0.2) is 11.5 Å². The van der Waals surface area contributed by atoms with E-state index in [1.54, 1.807) is 14.2 Å². The summed E-state index contributed by atoms with van der Waals surface area (Å²) in [6.45, 7) is 3.37. The Morgan fingerprint density at radius 2 is 1.78 bits per heavy atom.